The van der Waals surface area contributed by atoms with Crippen LogP contribution < -0.4 is 0 Å². The Morgan fingerprint density at radius 1 is 1.36 bits per heavy atom. The highest BCUT2D eigenvalue weighted by Crippen LogP contribution is 2.31. The van der Waals surface area contributed by atoms with Crippen LogP contribution in [0, 0.1) is 0 Å². The lowest BCUT2D eigenvalue weighted by molar-refractivity contribution is -0.159. The molecular weight excluding hydrogens is 359 g/mol. The maximum atomic E-state index is 12.5. The second kappa shape index (κ2) is 6.31. The largest absolute Gasteiger partial charge is 0.471 e. The minimum Gasteiger partial charge on any atom is -0.343 e. The molecule has 0 N–H and O–H groups in total. The fraction of sp³-hybridized carbons (Fsp3) is 0.286. The van der Waals surface area contributed by atoms with E-state index in [2.05, 4.69) is 19.6 Å². The van der Waals surface area contributed by atoms with Gasteiger partial charge in [-0.1, -0.05) is 5.16 Å². The van der Waals surface area contributed by atoms with Gasteiger partial charge in [0.15, 0.2) is 0 Å². The minimum absolute atomic E-state index is 0.113. The Hall–Kier alpha value is -2.69. The molecule has 11 heteroatoms. The van der Waals surface area contributed by atoms with Crippen molar-refractivity contribution in [3.63, 3.8) is 0 Å². The van der Waals surface area contributed by atoms with Crippen molar-refractivity contribution in [2.75, 3.05) is 14.1 Å². The molecule has 3 rings (SSSR count). The summed E-state index contributed by atoms with van der Waals surface area (Å²) in [5.74, 6) is -1.70. The Labute approximate surface area is 143 Å². The molecule has 0 aliphatic rings. The van der Waals surface area contributed by atoms with Gasteiger partial charge in [-0.25, -0.2) is 4.98 Å². The Bertz CT molecular complexity index is 896. The van der Waals surface area contributed by atoms with Gasteiger partial charge in [-0.05, 0) is 12.1 Å². The van der Waals surface area contributed by atoms with E-state index in [0.717, 1.165) is 4.88 Å². The predicted molar refractivity (Wildman–Crippen MR) is 82.0 cm³/mol. The van der Waals surface area contributed by atoms with E-state index in [1.54, 1.807) is 37.0 Å². The topological polar surface area (TPSA) is 77.0 Å². The summed E-state index contributed by atoms with van der Waals surface area (Å²) in [6.45, 7) is 0.419. The van der Waals surface area contributed by atoms with Gasteiger partial charge in [-0.2, -0.15) is 18.2 Å². The highest BCUT2D eigenvalue weighted by molar-refractivity contribution is 7.15. The van der Waals surface area contributed by atoms with Crippen molar-refractivity contribution in [2.24, 2.45) is 0 Å². The summed E-state index contributed by atoms with van der Waals surface area (Å²) in [4.78, 5) is 21.9. The molecule has 0 aliphatic carbocycles. The van der Waals surface area contributed by atoms with E-state index in [9.17, 15) is 18.0 Å². The number of thiophene rings is 1. The van der Waals surface area contributed by atoms with Crippen LogP contribution in [0.3, 0.4) is 0 Å². The van der Waals surface area contributed by atoms with E-state index in [1.165, 1.54) is 22.6 Å². The number of imidazole rings is 1. The first kappa shape index (κ1) is 17.1. The van der Waals surface area contributed by atoms with Crippen LogP contribution in [0.15, 0.2) is 29.2 Å². The van der Waals surface area contributed by atoms with E-state index < -0.39 is 12.1 Å². The Balaban J connectivity index is 1.74. The summed E-state index contributed by atoms with van der Waals surface area (Å²) >= 11 is 1.23. The zero-order valence-corrected chi connectivity index (χ0v) is 13.9. The Morgan fingerprint density at radius 3 is 2.76 bits per heavy atom. The SMILES string of the molecule is CN(C)C(=O)c1cn(Cc2ccc(-c3noc(C(F)(F)F)n3)s2)cn1. The van der Waals surface area contributed by atoms with E-state index in [-0.39, 0.29) is 11.7 Å². The molecule has 3 aromatic heterocycles. The molecular formula is C14H12F3N5O2S. The number of amides is 1. The summed E-state index contributed by atoms with van der Waals surface area (Å²) in [5.41, 5.74) is 0.315. The van der Waals surface area contributed by atoms with Crippen LogP contribution in [-0.4, -0.2) is 44.6 Å². The maximum Gasteiger partial charge on any atom is 0.471 e. The quantitative estimate of drug-likeness (QED) is 0.705. The number of hydrogen-bond donors (Lipinski definition) is 0. The number of alkyl halides is 3. The van der Waals surface area contributed by atoms with Crippen molar-refractivity contribution in [2.45, 2.75) is 12.7 Å². The summed E-state index contributed by atoms with van der Waals surface area (Å²) < 4.78 is 43.4. The molecule has 0 spiro atoms. The molecule has 0 fully saturated rings. The normalized spacial score (nSPS) is 11.7. The molecule has 25 heavy (non-hydrogen) atoms. The maximum absolute atomic E-state index is 12.5. The highest BCUT2D eigenvalue weighted by Gasteiger charge is 2.38. The van der Waals surface area contributed by atoms with Crippen LogP contribution in [0.1, 0.15) is 21.3 Å². The van der Waals surface area contributed by atoms with Crippen LogP contribution in [0.5, 0.6) is 0 Å². The fourth-order valence-electron chi connectivity index (χ4n) is 1.99. The molecule has 0 atom stereocenters. The third kappa shape index (κ3) is 3.71. The second-order valence-corrected chi connectivity index (χ2v) is 6.49. The molecule has 0 unspecified atom stereocenters. The lowest BCUT2D eigenvalue weighted by Crippen LogP contribution is -2.21. The van der Waals surface area contributed by atoms with Crippen LogP contribution >= 0.6 is 11.3 Å². The number of rotatable bonds is 4. The number of halogens is 3. The van der Waals surface area contributed by atoms with Crippen LogP contribution in [0.2, 0.25) is 0 Å². The molecule has 132 valence electrons. The summed E-state index contributed by atoms with van der Waals surface area (Å²) in [7, 11) is 3.26. The van der Waals surface area contributed by atoms with Gasteiger partial charge in [-0.15, -0.1) is 11.3 Å². The fourth-order valence-corrected chi connectivity index (χ4v) is 2.93. The van der Waals surface area contributed by atoms with Crippen molar-refractivity contribution >= 4 is 17.2 Å². The predicted octanol–water partition coefficient (Wildman–Crippen LogP) is 2.76. The third-order valence-corrected chi connectivity index (χ3v) is 4.21. The molecule has 3 heterocycles. The smallest absolute Gasteiger partial charge is 0.343 e. The van der Waals surface area contributed by atoms with E-state index in [1.807, 2.05) is 0 Å². The standard InChI is InChI=1S/C14H12F3N5O2S/c1-21(2)12(23)9-6-22(7-18-9)5-8-3-4-10(25-8)11-19-13(24-20-11)14(15,16)17/h3-4,6-7H,5H2,1-2H3. The zero-order valence-electron chi connectivity index (χ0n) is 13.1. The van der Waals surface area contributed by atoms with Gasteiger partial charge in [0, 0.05) is 25.2 Å². The molecule has 0 radical (unpaired) electrons. The zero-order chi connectivity index (χ0) is 18.2. The molecule has 0 aliphatic heterocycles. The third-order valence-electron chi connectivity index (χ3n) is 3.15. The van der Waals surface area contributed by atoms with E-state index in [4.69, 9.17) is 0 Å². The van der Waals surface area contributed by atoms with Gasteiger partial charge in [0.25, 0.3) is 5.91 Å². The average Bonchev–Trinajstić information content (AvgIpc) is 3.25. The first-order valence-corrected chi connectivity index (χ1v) is 7.79. The monoisotopic (exact) mass is 371 g/mol. The lowest BCUT2D eigenvalue weighted by Gasteiger charge is -2.06. The van der Waals surface area contributed by atoms with Crippen LogP contribution in [0.25, 0.3) is 10.7 Å². The van der Waals surface area contributed by atoms with E-state index in [0.29, 0.717) is 17.1 Å². The Kier molecular flexibility index (Phi) is 4.33. The van der Waals surface area contributed by atoms with Crippen molar-refractivity contribution in [1.29, 1.82) is 0 Å². The number of carbonyl (C=O) groups excluding carboxylic acids is 1. The van der Waals surface area contributed by atoms with Gasteiger partial charge < -0.3 is 14.0 Å². The Morgan fingerprint density at radius 2 is 2.12 bits per heavy atom. The number of aromatic nitrogens is 4. The van der Waals surface area contributed by atoms with Gasteiger partial charge >= 0.3 is 12.1 Å². The molecule has 0 saturated heterocycles. The average molecular weight is 371 g/mol. The van der Waals surface area contributed by atoms with Crippen molar-refractivity contribution < 1.29 is 22.5 Å². The van der Waals surface area contributed by atoms with E-state index >= 15 is 0 Å². The van der Waals surface area contributed by atoms with Gasteiger partial charge in [-0.3, -0.25) is 4.79 Å². The molecule has 7 nitrogen and oxygen atoms in total. The van der Waals surface area contributed by atoms with Crippen molar-refractivity contribution in [3.8, 4) is 10.7 Å². The van der Waals surface area contributed by atoms with Crippen LogP contribution in [-0.2, 0) is 12.7 Å². The molecule has 0 aromatic carbocycles. The number of carbonyl (C=O) groups is 1. The second-order valence-electron chi connectivity index (χ2n) is 5.32. The molecule has 3 aromatic rings. The summed E-state index contributed by atoms with van der Waals surface area (Å²) in [6, 6.07) is 3.37. The van der Waals surface area contributed by atoms with Crippen LogP contribution in [0.4, 0.5) is 13.2 Å². The molecule has 1 amide bonds. The summed E-state index contributed by atoms with van der Waals surface area (Å²) in [5, 5.41) is 3.35. The minimum atomic E-state index is -4.67. The van der Waals surface area contributed by atoms with Gasteiger partial charge in [0.1, 0.15) is 5.69 Å². The lowest BCUT2D eigenvalue weighted by atomic mass is 10.4. The van der Waals surface area contributed by atoms with Crippen molar-refractivity contribution in [3.05, 3.63) is 41.1 Å². The van der Waals surface area contributed by atoms with Gasteiger partial charge in [0.2, 0.25) is 5.82 Å². The molecule has 0 saturated carbocycles. The molecule has 0 bridgehead atoms. The summed E-state index contributed by atoms with van der Waals surface area (Å²) in [6.07, 6.45) is -1.54. The number of hydrogen-bond acceptors (Lipinski definition) is 6. The first-order chi connectivity index (χ1) is 11.7. The highest BCUT2D eigenvalue weighted by atomic mass is 32.1. The first-order valence-electron chi connectivity index (χ1n) is 6.97. The van der Waals surface area contributed by atoms with Crippen molar-refractivity contribution in [1.82, 2.24) is 24.6 Å². The number of nitrogens with zero attached hydrogens (tertiary/aromatic N) is 5. The van der Waals surface area contributed by atoms with Gasteiger partial charge in [0.05, 0.1) is 17.7 Å².